The highest BCUT2D eigenvalue weighted by Crippen LogP contribution is 2.35. The normalized spacial score (nSPS) is 15.3. The van der Waals surface area contributed by atoms with Crippen molar-refractivity contribution >= 4 is 17.0 Å². The van der Waals surface area contributed by atoms with E-state index in [0.717, 1.165) is 48.9 Å². The van der Waals surface area contributed by atoms with E-state index in [1.54, 1.807) is 12.4 Å². The number of rotatable bonds is 3. The van der Waals surface area contributed by atoms with Crippen molar-refractivity contribution in [2.45, 2.75) is 18.8 Å². The van der Waals surface area contributed by atoms with Gasteiger partial charge in [0.25, 0.3) is 0 Å². The minimum atomic E-state index is -0.486. The molecule has 0 aromatic carbocycles. The maximum Gasteiger partial charge on any atom is 0.232 e. The standard InChI is InChI=1S/C19H18FN7O/c20-12-6-15-18(24-8-12)26-19(28-15)13-5-11(7-23-17(13)21)14-9-25-27-16(14)10-1-3-22-4-2-10/h5-10,22H,1-4H2,(H2,21,23)(H,25,27). The van der Waals surface area contributed by atoms with Crippen LogP contribution in [0.25, 0.3) is 33.8 Å². The number of oxazole rings is 1. The Morgan fingerprint density at radius 2 is 1.93 bits per heavy atom. The Morgan fingerprint density at radius 1 is 1.07 bits per heavy atom. The van der Waals surface area contributed by atoms with Crippen molar-refractivity contribution in [2.24, 2.45) is 0 Å². The van der Waals surface area contributed by atoms with Gasteiger partial charge in [0.2, 0.25) is 5.89 Å². The van der Waals surface area contributed by atoms with Gasteiger partial charge in [-0.05, 0) is 32.0 Å². The lowest BCUT2D eigenvalue weighted by atomic mass is 9.90. The summed E-state index contributed by atoms with van der Waals surface area (Å²) < 4.78 is 19.1. The van der Waals surface area contributed by atoms with Gasteiger partial charge in [-0.2, -0.15) is 10.1 Å². The van der Waals surface area contributed by atoms with E-state index in [0.29, 0.717) is 17.1 Å². The number of nitrogens with one attached hydrogen (secondary N) is 2. The molecule has 1 saturated heterocycles. The van der Waals surface area contributed by atoms with E-state index < -0.39 is 5.82 Å². The first-order valence-electron chi connectivity index (χ1n) is 9.11. The predicted octanol–water partition coefficient (Wildman–Crippen LogP) is 2.86. The quantitative estimate of drug-likeness (QED) is 0.501. The Kier molecular flexibility index (Phi) is 4.01. The van der Waals surface area contributed by atoms with Crippen LogP contribution in [0, 0.1) is 5.82 Å². The van der Waals surface area contributed by atoms with Crippen LogP contribution in [0.2, 0.25) is 0 Å². The van der Waals surface area contributed by atoms with Crippen LogP contribution in [0.1, 0.15) is 24.5 Å². The summed E-state index contributed by atoms with van der Waals surface area (Å²) in [5, 5.41) is 10.8. The molecule has 5 heterocycles. The fourth-order valence-corrected chi connectivity index (χ4v) is 3.65. The molecule has 0 spiro atoms. The van der Waals surface area contributed by atoms with Crippen molar-refractivity contribution in [3.8, 4) is 22.6 Å². The summed E-state index contributed by atoms with van der Waals surface area (Å²) in [6.45, 7) is 1.97. The van der Waals surface area contributed by atoms with Crippen LogP contribution < -0.4 is 11.1 Å². The third-order valence-electron chi connectivity index (χ3n) is 5.09. The van der Waals surface area contributed by atoms with Gasteiger partial charge < -0.3 is 15.5 Å². The second kappa shape index (κ2) is 6.68. The monoisotopic (exact) mass is 379 g/mol. The van der Waals surface area contributed by atoms with E-state index in [1.807, 2.05) is 6.07 Å². The zero-order chi connectivity index (χ0) is 19.1. The van der Waals surface area contributed by atoms with E-state index in [2.05, 4.69) is 30.5 Å². The SMILES string of the molecule is Nc1ncc(-c2cn[nH]c2C2CCNCC2)cc1-c1nc2ncc(F)cc2o1. The molecule has 0 bridgehead atoms. The molecule has 4 aromatic heterocycles. The predicted molar refractivity (Wildman–Crippen MR) is 102 cm³/mol. The van der Waals surface area contributed by atoms with Crippen LogP contribution in [0.15, 0.2) is 35.1 Å². The molecule has 1 aliphatic rings. The molecule has 4 N–H and O–H groups in total. The number of aromatic nitrogens is 5. The summed E-state index contributed by atoms with van der Waals surface area (Å²) in [4.78, 5) is 12.6. The molecule has 0 unspecified atom stereocenters. The molecule has 142 valence electrons. The van der Waals surface area contributed by atoms with Crippen molar-refractivity contribution in [1.82, 2.24) is 30.5 Å². The largest absolute Gasteiger partial charge is 0.434 e. The number of fused-ring (bicyclic) bond motifs is 1. The van der Waals surface area contributed by atoms with E-state index in [-0.39, 0.29) is 17.3 Å². The van der Waals surface area contributed by atoms with Crippen LogP contribution in [0.4, 0.5) is 10.2 Å². The van der Waals surface area contributed by atoms with Crippen molar-refractivity contribution < 1.29 is 8.81 Å². The molecule has 5 rings (SSSR count). The Labute approximate surface area is 159 Å². The Balaban J connectivity index is 1.57. The van der Waals surface area contributed by atoms with Gasteiger partial charge in [0.1, 0.15) is 11.6 Å². The highest BCUT2D eigenvalue weighted by molar-refractivity contribution is 5.79. The van der Waals surface area contributed by atoms with Gasteiger partial charge in [0, 0.05) is 35.0 Å². The average Bonchev–Trinajstić information content (AvgIpc) is 3.36. The van der Waals surface area contributed by atoms with Gasteiger partial charge in [-0.15, -0.1) is 0 Å². The second-order valence-corrected chi connectivity index (χ2v) is 6.87. The first kappa shape index (κ1) is 16.8. The lowest BCUT2D eigenvalue weighted by molar-refractivity contribution is 0.453. The zero-order valence-corrected chi connectivity index (χ0v) is 14.9. The van der Waals surface area contributed by atoms with Crippen LogP contribution in [0.3, 0.4) is 0 Å². The third-order valence-corrected chi connectivity index (χ3v) is 5.09. The molecule has 1 aliphatic heterocycles. The van der Waals surface area contributed by atoms with E-state index in [9.17, 15) is 4.39 Å². The van der Waals surface area contributed by atoms with E-state index >= 15 is 0 Å². The first-order valence-corrected chi connectivity index (χ1v) is 9.11. The smallest absolute Gasteiger partial charge is 0.232 e. The van der Waals surface area contributed by atoms with Crippen molar-refractivity contribution in [2.75, 3.05) is 18.8 Å². The molecular weight excluding hydrogens is 361 g/mol. The molecule has 0 atom stereocenters. The van der Waals surface area contributed by atoms with E-state index in [4.69, 9.17) is 10.2 Å². The molecule has 8 nitrogen and oxygen atoms in total. The molecule has 28 heavy (non-hydrogen) atoms. The summed E-state index contributed by atoms with van der Waals surface area (Å²) in [7, 11) is 0. The number of nitrogens with two attached hydrogens (primary N) is 1. The molecule has 9 heteroatoms. The summed E-state index contributed by atoms with van der Waals surface area (Å²) in [6, 6.07) is 3.12. The first-order chi connectivity index (χ1) is 13.7. The minimum absolute atomic E-state index is 0.256. The molecule has 4 aromatic rings. The van der Waals surface area contributed by atoms with Gasteiger partial charge in [-0.1, -0.05) is 0 Å². The van der Waals surface area contributed by atoms with Crippen molar-refractivity contribution in [3.05, 3.63) is 42.2 Å². The lowest BCUT2D eigenvalue weighted by Crippen LogP contribution is -2.27. The molecule has 1 fully saturated rings. The van der Waals surface area contributed by atoms with Gasteiger partial charge >= 0.3 is 0 Å². The highest BCUT2D eigenvalue weighted by Gasteiger charge is 2.22. The van der Waals surface area contributed by atoms with Gasteiger partial charge in [-0.3, -0.25) is 5.10 Å². The number of hydrogen-bond donors (Lipinski definition) is 3. The van der Waals surface area contributed by atoms with Crippen LogP contribution >= 0.6 is 0 Å². The van der Waals surface area contributed by atoms with Crippen LogP contribution in [-0.4, -0.2) is 38.2 Å². The Hall–Kier alpha value is -3.33. The Morgan fingerprint density at radius 3 is 2.79 bits per heavy atom. The number of piperidine rings is 1. The zero-order valence-electron chi connectivity index (χ0n) is 14.9. The number of aromatic amines is 1. The van der Waals surface area contributed by atoms with Crippen LogP contribution in [0.5, 0.6) is 0 Å². The Bertz CT molecular complexity index is 1150. The average molecular weight is 379 g/mol. The fourth-order valence-electron chi connectivity index (χ4n) is 3.65. The molecule has 0 saturated carbocycles. The topological polar surface area (TPSA) is 119 Å². The summed E-state index contributed by atoms with van der Waals surface area (Å²) >= 11 is 0. The number of anilines is 1. The number of nitrogen functional groups attached to an aromatic ring is 1. The third kappa shape index (κ3) is 2.89. The highest BCUT2D eigenvalue weighted by atomic mass is 19.1. The lowest BCUT2D eigenvalue weighted by Gasteiger charge is -2.22. The summed E-state index contributed by atoms with van der Waals surface area (Å²) in [6.07, 6.45) is 6.72. The minimum Gasteiger partial charge on any atom is -0.434 e. The van der Waals surface area contributed by atoms with Gasteiger partial charge in [-0.25, -0.2) is 14.4 Å². The number of halogens is 1. The van der Waals surface area contributed by atoms with Crippen molar-refractivity contribution in [3.63, 3.8) is 0 Å². The maximum atomic E-state index is 13.4. The summed E-state index contributed by atoms with van der Waals surface area (Å²) in [5.41, 5.74) is 10.1. The van der Waals surface area contributed by atoms with E-state index in [1.165, 1.54) is 6.07 Å². The second-order valence-electron chi connectivity index (χ2n) is 6.87. The molecular formula is C19H18FN7O. The number of nitrogens with zero attached hydrogens (tertiary/aromatic N) is 4. The molecule has 0 aliphatic carbocycles. The molecule has 0 radical (unpaired) electrons. The van der Waals surface area contributed by atoms with Crippen LogP contribution in [-0.2, 0) is 0 Å². The fraction of sp³-hybridized carbons (Fsp3) is 0.263. The van der Waals surface area contributed by atoms with Crippen molar-refractivity contribution in [1.29, 1.82) is 0 Å². The van der Waals surface area contributed by atoms with Gasteiger partial charge in [0.05, 0.1) is 18.0 Å². The van der Waals surface area contributed by atoms with Gasteiger partial charge in [0.15, 0.2) is 11.2 Å². The maximum absolute atomic E-state index is 13.4. The number of pyridine rings is 2. The number of hydrogen-bond acceptors (Lipinski definition) is 7. The summed E-state index contributed by atoms with van der Waals surface area (Å²) in [5.74, 6) is 0.464. The number of H-pyrrole nitrogens is 1. The molecule has 0 amide bonds.